The molecular formula is C15H28N2O. The van der Waals surface area contributed by atoms with E-state index in [0.717, 1.165) is 18.7 Å². The normalized spacial score (nSPS) is 31.5. The Morgan fingerprint density at radius 3 is 2.72 bits per heavy atom. The molecule has 1 atom stereocenters. The van der Waals surface area contributed by atoms with Gasteiger partial charge in [-0.2, -0.15) is 0 Å². The van der Waals surface area contributed by atoms with E-state index >= 15 is 0 Å². The first-order valence-electron chi connectivity index (χ1n) is 7.77. The molecule has 2 aliphatic carbocycles. The van der Waals surface area contributed by atoms with Gasteiger partial charge in [0.1, 0.15) is 0 Å². The standard InChI is InChI=1S/C15H28N2O/c1-18-10-8-15(6-7-15)12-17-9-2-3-14(11-17)16-13-4-5-13/h13-14,16H,2-12H2,1H3. The van der Waals surface area contributed by atoms with Crippen molar-refractivity contribution in [1.29, 1.82) is 0 Å². The molecule has 104 valence electrons. The molecule has 1 heterocycles. The van der Waals surface area contributed by atoms with E-state index in [1.807, 2.05) is 7.11 Å². The summed E-state index contributed by atoms with van der Waals surface area (Å²) in [6.07, 6.45) is 9.70. The van der Waals surface area contributed by atoms with E-state index in [-0.39, 0.29) is 0 Å². The highest BCUT2D eigenvalue weighted by Gasteiger charge is 2.43. The number of rotatable bonds is 7. The van der Waals surface area contributed by atoms with Gasteiger partial charge in [0, 0.05) is 38.9 Å². The number of nitrogens with one attached hydrogen (secondary N) is 1. The van der Waals surface area contributed by atoms with Crippen LogP contribution in [-0.2, 0) is 4.74 Å². The van der Waals surface area contributed by atoms with Crippen LogP contribution in [0.25, 0.3) is 0 Å². The van der Waals surface area contributed by atoms with Crippen molar-refractivity contribution in [3.63, 3.8) is 0 Å². The van der Waals surface area contributed by atoms with E-state index in [4.69, 9.17) is 4.74 Å². The minimum absolute atomic E-state index is 0.623. The number of ether oxygens (including phenoxy) is 1. The third kappa shape index (κ3) is 3.46. The van der Waals surface area contributed by atoms with Crippen LogP contribution in [0.1, 0.15) is 44.9 Å². The monoisotopic (exact) mass is 252 g/mol. The van der Waals surface area contributed by atoms with Crippen molar-refractivity contribution in [1.82, 2.24) is 10.2 Å². The number of likely N-dealkylation sites (tertiary alicyclic amines) is 1. The first-order chi connectivity index (χ1) is 8.80. The van der Waals surface area contributed by atoms with Crippen molar-refractivity contribution in [2.45, 2.75) is 57.0 Å². The summed E-state index contributed by atoms with van der Waals surface area (Å²) < 4.78 is 5.26. The maximum atomic E-state index is 5.26. The van der Waals surface area contributed by atoms with Crippen LogP contribution in [-0.4, -0.2) is 50.3 Å². The lowest BCUT2D eigenvalue weighted by atomic mass is 9.99. The lowest BCUT2D eigenvalue weighted by Gasteiger charge is -2.35. The van der Waals surface area contributed by atoms with Crippen molar-refractivity contribution in [2.75, 3.05) is 33.4 Å². The Morgan fingerprint density at radius 1 is 1.22 bits per heavy atom. The first-order valence-corrected chi connectivity index (χ1v) is 7.77. The fraction of sp³-hybridized carbons (Fsp3) is 1.00. The molecule has 3 aliphatic rings. The summed E-state index contributed by atoms with van der Waals surface area (Å²) in [5.41, 5.74) is 0.623. The third-order valence-electron chi connectivity index (χ3n) is 4.91. The zero-order valence-corrected chi connectivity index (χ0v) is 11.8. The van der Waals surface area contributed by atoms with E-state index in [1.165, 1.54) is 64.6 Å². The molecule has 1 aliphatic heterocycles. The molecule has 0 radical (unpaired) electrons. The molecule has 2 saturated carbocycles. The number of hydrogen-bond acceptors (Lipinski definition) is 3. The Labute approximate surface area is 111 Å². The largest absolute Gasteiger partial charge is 0.385 e. The Kier molecular flexibility index (Phi) is 3.92. The van der Waals surface area contributed by atoms with E-state index in [2.05, 4.69) is 10.2 Å². The van der Waals surface area contributed by atoms with Crippen LogP contribution in [0.15, 0.2) is 0 Å². The van der Waals surface area contributed by atoms with E-state index < -0.39 is 0 Å². The Morgan fingerprint density at radius 2 is 2.06 bits per heavy atom. The van der Waals surface area contributed by atoms with Crippen molar-refractivity contribution in [3.8, 4) is 0 Å². The van der Waals surface area contributed by atoms with Crippen molar-refractivity contribution >= 4 is 0 Å². The van der Waals surface area contributed by atoms with Gasteiger partial charge < -0.3 is 15.0 Å². The van der Waals surface area contributed by atoms with Gasteiger partial charge in [-0.25, -0.2) is 0 Å². The molecule has 3 rings (SSSR count). The molecule has 0 aromatic carbocycles. The molecule has 1 N–H and O–H groups in total. The molecule has 18 heavy (non-hydrogen) atoms. The number of nitrogens with zero attached hydrogens (tertiary/aromatic N) is 1. The van der Waals surface area contributed by atoms with E-state index in [1.54, 1.807) is 0 Å². The summed E-state index contributed by atoms with van der Waals surface area (Å²) in [6.45, 7) is 4.86. The average Bonchev–Trinajstić information content (AvgIpc) is 3.26. The van der Waals surface area contributed by atoms with Gasteiger partial charge in [0.05, 0.1) is 0 Å². The Hall–Kier alpha value is -0.120. The van der Waals surface area contributed by atoms with Crippen LogP contribution in [0.5, 0.6) is 0 Å². The zero-order chi connectivity index (χ0) is 12.4. The molecule has 1 unspecified atom stereocenters. The van der Waals surface area contributed by atoms with Gasteiger partial charge in [-0.1, -0.05) is 0 Å². The SMILES string of the molecule is COCCC1(CN2CCCC(NC3CC3)C2)CC1. The topological polar surface area (TPSA) is 24.5 Å². The molecule has 0 aromatic heterocycles. The van der Waals surface area contributed by atoms with Gasteiger partial charge in [0.2, 0.25) is 0 Å². The second-order valence-corrected chi connectivity index (χ2v) is 6.76. The van der Waals surface area contributed by atoms with Crippen molar-refractivity contribution in [2.24, 2.45) is 5.41 Å². The summed E-state index contributed by atoms with van der Waals surface area (Å²) in [5, 5.41) is 3.81. The first kappa shape index (κ1) is 12.9. The second-order valence-electron chi connectivity index (χ2n) is 6.76. The minimum atomic E-state index is 0.623. The molecule has 0 bridgehead atoms. The third-order valence-corrected chi connectivity index (χ3v) is 4.91. The van der Waals surface area contributed by atoms with Gasteiger partial charge in [-0.05, 0) is 56.9 Å². The minimum Gasteiger partial charge on any atom is -0.385 e. The van der Waals surface area contributed by atoms with Gasteiger partial charge in [0.15, 0.2) is 0 Å². The molecule has 0 spiro atoms. The fourth-order valence-electron chi connectivity index (χ4n) is 3.38. The summed E-state index contributed by atoms with van der Waals surface area (Å²) in [6, 6.07) is 1.63. The number of piperidine rings is 1. The predicted octanol–water partition coefficient (Wildman–Crippen LogP) is 2.02. The smallest absolute Gasteiger partial charge is 0.0468 e. The highest BCUT2D eigenvalue weighted by Crippen LogP contribution is 2.49. The van der Waals surface area contributed by atoms with Gasteiger partial charge in [0.25, 0.3) is 0 Å². The van der Waals surface area contributed by atoms with Crippen molar-refractivity contribution in [3.05, 3.63) is 0 Å². The van der Waals surface area contributed by atoms with Crippen LogP contribution in [0.2, 0.25) is 0 Å². The Bertz CT molecular complexity index is 274. The van der Waals surface area contributed by atoms with Gasteiger partial charge in [-0.3, -0.25) is 0 Å². The van der Waals surface area contributed by atoms with Gasteiger partial charge in [-0.15, -0.1) is 0 Å². The molecule has 3 fully saturated rings. The lowest BCUT2D eigenvalue weighted by molar-refractivity contribution is 0.125. The van der Waals surface area contributed by atoms with E-state index in [9.17, 15) is 0 Å². The summed E-state index contributed by atoms with van der Waals surface area (Å²) in [4.78, 5) is 2.71. The molecule has 0 aromatic rings. The molecule has 3 nitrogen and oxygen atoms in total. The number of hydrogen-bond donors (Lipinski definition) is 1. The van der Waals surface area contributed by atoms with Crippen molar-refractivity contribution < 1.29 is 4.74 Å². The quantitative estimate of drug-likeness (QED) is 0.750. The van der Waals surface area contributed by atoms with Crippen LogP contribution < -0.4 is 5.32 Å². The van der Waals surface area contributed by atoms with Gasteiger partial charge >= 0.3 is 0 Å². The lowest BCUT2D eigenvalue weighted by Crippen LogP contribution is -2.48. The molecule has 1 saturated heterocycles. The summed E-state index contributed by atoms with van der Waals surface area (Å²) in [7, 11) is 1.83. The maximum absolute atomic E-state index is 5.26. The second kappa shape index (κ2) is 5.48. The maximum Gasteiger partial charge on any atom is 0.0468 e. The van der Waals surface area contributed by atoms with Crippen LogP contribution >= 0.6 is 0 Å². The van der Waals surface area contributed by atoms with E-state index in [0.29, 0.717) is 5.41 Å². The summed E-state index contributed by atoms with van der Waals surface area (Å²) >= 11 is 0. The predicted molar refractivity (Wildman–Crippen MR) is 73.8 cm³/mol. The Balaban J connectivity index is 1.43. The zero-order valence-electron chi connectivity index (χ0n) is 11.8. The molecular weight excluding hydrogens is 224 g/mol. The van der Waals surface area contributed by atoms with Crippen LogP contribution in [0.3, 0.4) is 0 Å². The highest BCUT2D eigenvalue weighted by molar-refractivity contribution is 4.97. The van der Waals surface area contributed by atoms with Crippen LogP contribution in [0, 0.1) is 5.41 Å². The fourth-order valence-corrected chi connectivity index (χ4v) is 3.38. The molecule has 3 heteroatoms. The summed E-state index contributed by atoms with van der Waals surface area (Å²) in [5.74, 6) is 0. The number of methoxy groups -OCH3 is 1. The highest BCUT2D eigenvalue weighted by atomic mass is 16.5. The van der Waals surface area contributed by atoms with Crippen LogP contribution in [0.4, 0.5) is 0 Å². The molecule has 0 amide bonds. The average molecular weight is 252 g/mol.